The lowest BCUT2D eigenvalue weighted by Crippen LogP contribution is -2.41. The number of benzene rings is 4. The second kappa shape index (κ2) is 9.14. The van der Waals surface area contributed by atoms with Gasteiger partial charge in [0.05, 0.1) is 5.71 Å². The van der Waals surface area contributed by atoms with Crippen molar-refractivity contribution < 1.29 is 9.63 Å². The maximum atomic E-state index is 14.1. The monoisotopic (exact) mass is 482 g/mol. The Hall–Kier alpha value is -4.57. The lowest BCUT2D eigenvalue weighted by molar-refractivity contribution is -0.147. The van der Waals surface area contributed by atoms with Crippen molar-refractivity contribution in [1.29, 1.82) is 0 Å². The minimum absolute atomic E-state index is 0.408. The summed E-state index contributed by atoms with van der Waals surface area (Å²) in [7, 11) is 0. The lowest BCUT2D eigenvalue weighted by Gasteiger charge is -2.30. The molecule has 0 saturated carbocycles. The van der Waals surface area contributed by atoms with Gasteiger partial charge in [-0.25, -0.2) is 4.79 Å². The zero-order chi connectivity index (χ0) is 25.4. The second-order valence-electron chi connectivity index (χ2n) is 9.51. The van der Waals surface area contributed by atoms with Crippen LogP contribution in [0.15, 0.2) is 125 Å². The standard InChI is InChI=1S/C33H26N2O2/c1-22-13-9-11-19-26(22)21-28-29(24-15-5-3-6-16-24)34-31(27-20-12-10-14-23(27)2)33(28)30(35-37-32(33)36)25-17-7-4-8-18-25/h3-21,31H,1-2H3/b28-21-. The zero-order valence-corrected chi connectivity index (χ0v) is 20.8. The summed E-state index contributed by atoms with van der Waals surface area (Å²) in [5.41, 5.74) is 6.89. The normalized spacial score (nSPS) is 21.7. The molecule has 4 aromatic carbocycles. The van der Waals surface area contributed by atoms with Crippen LogP contribution in [-0.2, 0) is 9.63 Å². The molecule has 4 nitrogen and oxygen atoms in total. The van der Waals surface area contributed by atoms with Gasteiger partial charge in [0.15, 0.2) is 5.41 Å². The van der Waals surface area contributed by atoms with Crippen molar-refractivity contribution in [3.8, 4) is 0 Å². The summed E-state index contributed by atoms with van der Waals surface area (Å²) >= 11 is 0. The molecule has 180 valence electrons. The predicted octanol–water partition coefficient (Wildman–Crippen LogP) is 6.88. The molecule has 0 radical (unpaired) electrons. The van der Waals surface area contributed by atoms with Crippen LogP contribution >= 0.6 is 0 Å². The first kappa shape index (κ1) is 22.9. The van der Waals surface area contributed by atoms with E-state index in [4.69, 9.17) is 9.83 Å². The van der Waals surface area contributed by atoms with Crippen molar-refractivity contribution in [3.05, 3.63) is 148 Å². The van der Waals surface area contributed by atoms with Crippen molar-refractivity contribution in [2.24, 2.45) is 15.6 Å². The van der Waals surface area contributed by atoms with Gasteiger partial charge in [-0.1, -0.05) is 114 Å². The van der Waals surface area contributed by atoms with Crippen LogP contribution in [0.1, 0.15) is 39.4 Å². The summed E-state index contributed by atoms with van der Waals surface area (Å²) < 4.78 is 0. The molecule has 0 fully saturated rings. The van der Waals surface area contributed by atoms with E-state index in [1.165, 1.54) is 0 Å². The highest BCUT2D eigenvalue weighted by Crippen LogP contribution is 2.56. The van der Waals surface area contributed by atoms with Crippen LogP contribution in [0.4, 0.5) is 0 Å². The third-order valence-electron chi connectivity index (χ3n) is 7.33. The van der Waals surface area contributed by atoms with Crippen LogP contribution in [0.25, 0.3) is 6.08 Å². The van der Waals surface area contributed by atoms with Crippen LogP contribution in [-0.4, -0.2) is 17.4 Å². The molecule has 2 aliphatic rings. The van der Waals surface area contributed by atoms with E-state index < -0.39 is 17.4 Å². The Balaban J connectivity index is 1.70. The van der Waals surface area contributed by atoms with E-state index in [9.17, 15) is 4.79 Å². The van der Waals surface area contributed by atoms with Crippen molar-refractivity contribution in [2.45, 2.75) is 19.9 Å². The number of carbonyl (C=O) groups is 1. The van der Waals surface area contributed by atoms with Crippen LogP contribution in [0, 0.1) is 19.3 Å². The summed E-state index contributed by atoms with van der Waals surface area (Å²) in [5, 5.41) is 4.42. The summed E-state index contributed by atoms with van der Waals surface area (Å²) in [5.74, 6) is -0.408. The number of hydrogen-bond acceptors (Lipinski definition) is 4. The molecule has 2 aliphatic heterocycles. The van der Waals surface area contributed by atoms with E-state index >= 15 is 0 Å². The van der Waals surface area contributed by atoms with Gasteiger partial charge in [-0.3, -0.25) is 4.99 Å². The van der Waals surface area contributed by atoms with Gasteiger partial charge in [0, 0.05) is 16.7 Å². The van der Waals surface area contributed by atoms with Gasteiger partial charge in [-0.2, -0.15) is 0 Å². The maximum Gasteiger partial charge on any atom is 0.354 e. The van der Waals surface area contributed by atoms with Gasteiger partial charge in [0.2, 0.25) is 0 Å². The van der Waals surface area contributed by atoms with Crippen LogP contribution in [0.5, 0.6) is 0 Å². The molecule has 0 N–H and O–H groups in total. The molecule has 2 unspecified atom stereocenters. The average Bonchev–Trinajstić information content (AvgIpc) is 3.45. The molecule has 0 saturated heterocycles. The van der Waals surface area contributed by atoms with Crippen molar-refractivity contribution >= 4 is 23.5 Å². The SMILES string of the molecule is Cc1ccccc1/C=C1/C(c2ccccc2)=NC(c2ccccc2C)C12C(=O)ON=C2c1ccccc1. The highest BCUT2D eigenvalue weighted by atomic mass is 16.7. The highest BCUT2D eigenvalue weighted by Gasteiger charge is 2.63. The van der Waals surface area contributed by atoms with Gasteiger partial charge >= 0.3 is 5.97 Å². The topological polar surface area (TPSA) is 51.0 Å². The van der Waals surface area contributed by atoms with Crippen LogP contribution in [0.2, 0.25) is 0 Å². The molecule has 37 heavy (non-hydrogen) atoms. The molecule has 2 heterocycles. The van der Waals surface area contributed by atoms with Crippen molar-refractivity contribution in [1.82, 2.24) is 0 Å². The van der Waals surface area contributed by atoms with E-state index in [1.807, 2.05) is 84.9 Å². The Morgan fingerprint density at radius 3 is 2.00 bits per heavy atom. The Kier molecular flexibility index (Phi) is 5.65. The molecule has 1 spiro atoms. The van der Waals surface area contributed by atoms with Crippen molar-refractivity contribution in [3.63, 3.8) is 0 Å². The quantitative estimate of drug-likeness (QED) is 0.298. The number of rotatable bonds is 4. The van der Waals surface area contributed by atoms with E-state index in [0.29, 0.717) is 5.71 Å². The Labute approximate surface area is 216 Å². The first-order chi connectivity index (χ1) is 18.1. The molecule has 2 atom stereocenters. The minimum atomic E-state index is -1.24. The summed E-state index contributed by atoms with van der Waals surface area (Å²) in [4.78, 5) is 25.0. The summed E-state index contributed by atoms with van der Waals surface area (Å²) in [6.45, 7) is 4.13. The van der Waals surface area contributed by atoms with Gasteiger partial charge in [0.25, 0.3) is 0 Å². The van der Waals surface area contributed by atoms with E-state index in [-0.39, 0.29) is 0 Å². The van der Waals surface area contributed by atoms with Gasteiger partial charge in [-0.15, -0.1) is 0 Å². The number of aryl methyl sites for hydroxylation is 2. The minimum Gasteiger partial charge on any atom is -0.316 e. The molecule has 0 amide bonds. The fraction of sp³-hybridized carbons (Fsp3) is 0.121. The fourth-order valence-corrected chi connectivity index (χ4v) is 5.42. The Morgan fingerprint density at radius 1 is 0.730 bits per heavy atom. The third kappa shape index (κ3) is 3.64. The molecular formula is C33H26N2O2. The number of aliphatic imine (C=N–C) groups is 1. The third-order valence-corrected chi connectivity index (χ3v) is 7.33. The fourth-order valence-electron chi connectivity index (χ4n) is 5.42. The summed E-state index contributed by atoms with van der Waals surface area (Å²) in [6, 6.07) is 35.6. The zero-order valence-electron chi connectivity index (χ0n) is 20.8. The van der Waals surface area contributed by atoms with Crippen molar-refractivity contribution in [2.75, 3.05) is 0 Å². The van der Waals surface area contributed by atoms with Gasteiger partial charge in [-0.05, 0) is 42.2 Å². The number of nitrogens with zero attached hydrogens (tertiary/aromatic N) is 2. The molecule has 4 aromatic rings. The smallest absolute Gasteiger partial charge is 0.316 e. The molecule has 4 heteroatoms. The van der Waals surface area contributed by atoms with Gasteiger partial charge in [0.1, 0.15) is 11.8 Å². The Bertz CT molecular complexity index is 1590. The van der Waals surface area contributed by atoms with Crippen LogP contribution < -0.4 is 0 Å². The first-order valence-corrected chi connectivity index (χ1v) is 12.4. The predicted molar refractivity (Wildman–Crippen MR) is 148 cm³/mol. The molecule has 0 aromatic heterocycles. The molecule has 0 bridgehead atoms. The molecular weight excluding hydrogens is 456 g/mol. The largest absolute Gasteiger partial charge is 0.354 e. The number of hydrogen-bond donors (Lipinski definition) is 0. The first-order valence-electron chi connectivity index (χ1n) is 12.4. The van der Waals surface area contributed by atoms with Crippen LogP contribution in [0.3, 0.4) is 0 Å². The molecule has 6 rings (SSSR count). The average molecular weight is 483 g/mol. The second-order valence-corrected chi connectivity index (χ2v) is 9.51. The lowest BCUT2D eigenvalue weighted by atomic mass is 9.66. The summed E-state index contributed by atoms with van der Waals surface area (Å²) in [6.07, 6.45) is 2.10. The Morgan fingerprint density at radius 2 is 1.32 bits per heavy atom. The number of carbonyl (C=O) groups excluding carboxylic acids is 1. The van der Waals surface area contributed by atoms with E-state index in [0.717, 1.165) is 44.7 Å². The van der Waals surface area contributed by atoms with E-state index in [1.54, 1.807) is 0 Å². The highest BCUT2D eigenvalue weighted by molar-refractivity contribution is 6.32. The van der Waals surface area contributed by atoms with Gasteiger partial charge < -0.3 is 4.84 Å². The van der Waals surface area contributed by atoms with E-state index in [2.05, 4.69) is 49.3 Å². The molecule has 0 aliphatic carbocycles. The maximum absolute atomic E-state index is 14.1. The number of oxime groups is 1.